The molecule has 0 radical (unpaired) electrons. The Labute approximate surface area is 151 Å². The zero-order valence-electron chi connectivity index (χ0n) is 14.3. The Morgan fingerprint density at radius 2 is 1.62 bits per heavy atom. The van der Waals surface area contributed by atoms with Gasteiger partial charge in [0, 0.05) is 38.2 Å². The van der Waals surface area contributed by atoms with Crippen molar-refractivity contribution < 1.29 is 14.4 Å². The molecule has 2 fully saturated rings. The van der Waals surface area contributed by atoms with Crippen LogP contribution in [-0.2, 0) is 14.4 Å². The average molecular weight is 352 g/mol. The fourth-order valence-corrected chi connectivity index (χ4v) is 3.60. The van der Waals surface area contributed by atoms with E-state index in [0.717, 1.165) is 6.42 Å². The highest BCUT2D eigenvalue weighted by atomic mass is 16.2. The van der Waals surface area contributed by atoms with Crippen molar-refractivity contribution in [3.8, 4) is 0 Å². The van der Waals surface area contributed by atoms with E-state index >= 15 is 0 Å². The van der Waals surface area contributed by atoms with Gasteiger partial charge in [0.25, 0.3) is 11.8 Å². The second-order valence-electron chi connectivity index (χ2n) is 6.87. The van der Waals surface area contributed by atoms with Crippen molar-refractivity contribution in [2.75, 3.05) is 26.2 Å². The summed E-state index contributed by atoms with van der Waals surface area (Å²) in [6, 6.07) is 9.42. The highest BCUT2D eigenvalue weighted by molar-refractivity contribution is 5.92. The van der Waals surface area contributed by atoms with Crippen LogP contribution >= 0.6 is 0 Å². The third kappa shape index (κ3) is 3.29. The first-order valence-corrected chi connectivity index (χ1v) is 8.89. The Balaban J connectivity index is 1.29. The predicted molar refractivity (Wildman–Crippen MR) is 93.2 cm³/mol. The Kier molecular flexibility index (Phi) is 4.36. The second kappa shape index (κ2) is 6.82. The zero-order chi connectivity index (χ0) is 18.1. The van der Waals surface area contributed by atoms with Crippen LogP contribution in [0.1, 0.15) is 17.9 Å². The molecule has 26 heavy (non-hydrogen) atoms. The number of rotatable bonds is 3. The number of carbonyl (C=O) groups excluding carboxylic acids is 3. The maximum absolute atomic E-state index is 12.7. The fourth-order valence-electron chi connectivity index (χ4n) is 3.60. The van der Waals surface area contributed by atoms with Crippen LogP contribution in [-0.4, -0.2) is 59.7 Å². The standard InChI is InChI=1S/C19H20N4O3/c24-17-7-6-16(20-21-17)19(26)23-10-8-22(9-11-23)18(25)15-12-14(15)13-4-2-1-3-5-13/h1-7,14-16H,8-12H2. The number of nitrogens with zero attached hydrogens (tertiary/aromatic N) is 4. The predicted octanol–water partition coefficient (Wildman–Crippen LogP) is 1.38. The van der Waals surface area contributed by atoms with Crippen molar-refractivity contribution >= 4 is 17.7 Å². The molecule has 0 N–H and O–H groups in total. The molecule has 7 heteroatoms. The SMILES string of the molecule is O=C1C=CC(C(=O)N2CCN(C(=O)C3CC3c3ccccc3)CC2)N=N1. The molecule has 1 aromatic rings. The molecule has 1 aromatic carbocycles. The molecule has 2 aliphatic heterocycles. The minimum Gasteiger partial charge on any atom is -0.339 e. The van der Waals surface area contributed by atoms with Gasteiger partial charge in [0.2, 0.25) is 5.91 Å². The Hall–Kier alpha value is -2.83. The van der Waals surface area contributed by atoms with Crippen LogP contribution in [0.3, 0.4) is 0 Å². The summed E-state index contributed by atoms with van der Waals surface area (Å²) >= 11 is 0. The van der Waals surface area contributed by atoms with E-state index in [4.69, 9.17) is 0 Å². The molecule has 0 aromatic heterocycles. The summed E-state index contributed by atoms with van der Waals surface area (Å²) in [6.45, 7) is 2.05. The van der Waals surface area contributed by atoms with Crippen LogP contribution in [0.2, 0.25) is 0 Å². The zero-order valence-corrected chi connectivity index (χ0v) is 14.3. The van der Waals surface area contributed by atoms with Crippen LogP contribution in [0.5, 0.6) is 0 Å². The highest BCUT2D eigenvalue weighted by Gasteiger charge is 2.46. The van der Waals surface area contributed by atoms with Gasteiger partial charge in [-0.25, -0.2) is 0 Å². The average Bonchev–Trinajstić information content (AvgIpc) is 3.49. The molecule has 0 spiro atoms. The van der Waals surface area contributed by atoms with Crippen molar-refractivity contribution in [2.45, 2.75) is 18.4 Å². The fraction of sp³-hybridized carbons (Fsp3) is 0.421. The summed E-state index contributed by atoms with van der Waals surface area (Å²) in [7, 11) is 0. The third-order valence-electron chi connectivity index (χ3n) is 5.19. The van der Waals surface area contributed by atoms with Crippen LogP contribution in [0.15, 0.2) is 52.7 Å². The molecule has 3 atom stereocenters. The van der Waals surface area contributed by atoms with E-state index in [0.29, 0.717) is 32.1 Å². The normalized spacial score (nSPS) is 27.5. The molecular weight excluding hydrogens is 332 g/mol. The maximum atomic E-state index is 12.7. The smallest absolute Gasteiger partial charge is 0.287 e. The lowest BCUT2D eigenvalue weighted by molar-refractivity contribution is -0.140. The summed E-state index contributed by atoms with van der Waals surface area (Å²) in [4.78, 5) is 39.7. The van der Waals surface area contributed by atoms with E-state index in [2.05, 4.69) is 22.4 Å². The van der Waals surface area contributed by atoms with Crippen LogP contribution in [0.4, 0.5) is 0 Å². The molecule has 134 valence electrons. The highest BCUT2D eigenvalue weighted by Crippen LogP contribution is 2.48. The largest absolute Gasteiger partial charge is 0.339 e. The van der Waals surface area contributed by atoms with Crippen LogP contribution < -0.4 is 0 Å². The van der Waals surface area contributed by atoms with E-state index in [9.17, 15) is 14.4 Å². The Morgan fingerprint density at radius 1 is 0.962 bits per heavy atom. The van der Waals surface area contributed by atoms with Crippen molar-refractivity contribution in [2.24, 2.45) is 16.1 Å². The van der Waals surface area contributed by atoms with Gasteiger partial charge in [-0.05, 0) is 24.0 Å². The van der Waals surface area contributed by atoms with E-state index in [1.165, 1.54) is 17.7 Å². The Bertz CT molecular complexity index is 765. The second-order valence-corrected chi connectivity index (χ2v) is 6.87. The molecular formula is C19H20N4O3. The molecule has 4 rings (SSSR count). The summed E-state index contributed by atoms with van der Waals surface area (Å²) in [6.07, 6.45) is 3.65. The molecule has 1 saturated carbocycles. The number of carbonyl (C=O) groups is 3. The molecule has 1 aliphatic carbocycles. The van der Waals surface area contributed by atoms with Crippen molar-refractivity contribution in [1.29, 1.82) is 0 Å². The van der Waals surface area contributed by atoms with E-state index in [1.54, 1.807) is 4.90 Å². The number of piperazine rings is 1. The van der Waals surface area contributed by atoms with Gasteiger partial charge in [0.05, 0.1) is 0 Å². The van der Waals surface area contributed by atoms with E-state index in [-0.39, 0.29) is 17.7 Å². The summed E-state index contributed by atoms with van der Waals surface area (Å²) in [5.74, 6) is -0.0247. The monoisotopic (exact) mass is 352 g/mol. The molecule has 2 heterocycles. The first kappa shape index (κ1) is 16.6. The quantitative estimate of drug-likeness (QED) is 0.824. The number of hydrogen-bond acceptors (Lipinski definition) is 4. The lowest BCUT2D eigenvalue weighted by atomic mass is 10.1. The van der Waals surface area contributed by atoms with Crippen LogP contribution in [0, 0.1) is 5.92 Å². The first-order valence-electron chi connectivity index (χ1n) is 8.89. The lowest BCUT2D eigenvalue weighted by Gasteiger charge is -2.35. The van der Waals surface area contributed by atoms with Crippen molar-refractivity contribution in [1.82, 2.24) is 9.80 Å². The minimum atomic E-state index is -0.721. The number of amides is 3. The van der Waals surface area contributed by atoms with E-state index in [1.807, 2.05) is 23.1 Å². The van der Waals surface area contributed by atoms with Gasteiger partial charge in [0.15, 0.2) is 6.04 Å². The lowest BCUT2D eigenvalue weighted by Crippen LogP contribution is -2.53. The molecule has 0 bridgehead atoms. The topological polar surface area (TPSA) is 82.4 Å². The van der Waals surface area contributed by atoms with Crippen molar-refractivity contribution in [3.05, 3.63) is 48.0 Å². The maximum Gasteiger partial charge on any atom is 0.287 e. The van der Waals surface area contributed by atoms with Gasteiger partial charge >= 0.3 is 0 Å². The minimum absolute atomic E-state index is 0.0701. The third-order valence-corrected chi connectivity index (χ3v) is 5.19. The van der Waals surface area contributed by atoms with Crippen LogP contribution in [0.25, 0.3) is 0 Å². The Morgan fingerprint density at radius 3 is 2.23 bits per heavy atom. The summed E-state index contributed by atoms with van der Waals surface area (Å²) < 4.78 is 0. The summed E-state index contributed by atoms with van der Waals surface area (Å²) in [5.41, 5.74) is 1.23. The van der Waals surface area contributed by atoms with Gasteiger partial charge in [0.1, 0.15) is 0 Å². The number of azo groups is 1. The van der Waals surface area contributed by atoms with Gasteiger partial charge in [-0.15, -0.1) is 5.11 Å². The van der Waals surface area contributed by atoms with E-state index < -0.39 is 11.9 Å². The first-order chi connectivity index (χ1) is 12.6. The molecule has 3 aliphatic rings. The molecule has 1 saturated heterocycles. The van der Waals surface area contributed by atoms with Gasteiger partial charge in [-0.1, -0.05) is 30.3 Å². The molecule has 3 unspecified atom stereocenters. The molecule has 7 nitrogen and oxygen atoms in total. The number of hydrogen-bond donors (Lipinski definition) is 0. The van der Waals surface area contributed by atoms with Gasteiger partial charge in [-0.2, -0.15) is 5.11 Å². The number of benzene rings is 1. The summed E-state index contributed by atoms with van der Waals surface area (Å²) in [5, 5.41) is 7.16. The van der Waals surface area contributed by atoms with Gasteiger partial charge in [-0.3, -0.25) is 14.4 Å². The van der Waals surface area contributed by atoms with Gasteiger partial charge < -0.3 is 9.80 Å². The molecule has 3 amide bonds. The van der Waals surface area contributed by atoms with Crippen molar-refractivity contribution in [3.63, 3.8) is 0 Å².